The van der Waals surface area contributed by atoms with Crippen molar-refractivity contribution >= 4 is 6.29 Å². The summed E-state index contributed by atoms with van der Waals surface area (Å²) in [7, 11) is 0. The third-order valence-electron chi connectivity index (χ3n) is 9.44. The van der Waals surface area contributed by atoms with Crippen LogP contribution in [0.4, 0.5) is 0 Å². The highest BCUT2D eigenvalue weighted by atomic mass is 16.3. The van der Waals surface area contributed by atoms with Gasteiger partial charge in [0, 0.05) is 6.42 Å². The van der Waals surface area contributed by atoms with Crippen LogP contribution >= 0.6 is 0 Å². The molecule has 4 aliphatic rings. The largest absolute Gasteiger partial charge is 0.393 e. The summed E-state index contributed by atoms with van der Waals surface area (Å²) >= 11 is 0. The first-order valence-corrected chi connectivity index (χ1v) is 11.3. The van der Waals surface area contributed by atoms with E-state index in [4.69, 9.17) is 0 Å². The molecule has 0 radical (unpaired) electrons. The molecule has 148 valence electrons. The minimum absolute atomic E-state index is 0.136. The molecular formula is C23H38O3. The number of carbonyl (C=O) groups is 1. The van der Waals surface area contributed by atoms with Gasteiger partial charge in [-0.1, -0.05) is 13.8 Å². The second-order valence-electron chi connectivity index (χ2n) is 10.5. The smallest absolute Gasteiger partial charge is 0.120 e. The van der Waals surface area contributed by atoms with E-state index >= 15 is 0 Å². The van der Waals surface area contributed by atoms with Gasteiger partial charge in [0.1, 0.15) is 6.29 Å². The summed E-state index contributed by atoms with van der Waals surface area (Å²) in [5.41, 5.74) is 0.353. The van der Waals surface area contributed by atoms with Crippen LogP contribution in [0.3, 0.4) is 0 Å². The molecule has 4 rings (SSSR count). The topological polar surface area (TPSA) is 57.5 Å². The van der Waals surface area contributed by atoms with Crippen molar-refractivity contribution in [2.45, 2.75) is 90.3 Å². The minimum atomic E-state index is -0.166. The molecule has 0 aromatic carbocycles. The van der Waals surface area contributed by atoms with Crippen molar-refractivity contribution in [1.29, 1.82) is 0 Å². The van der Waals surface area contributed by atoms with Crippen LogP contribution in [0, 0.1) is 46.8 Å². The zero-order valence-electron chi connectivity index (χ0n) is 16.6. The number of fused-ring (bicyclic) bond motifs is 5. The highest BCUT2D eigenvalue weighted by molar-refractivity contribution is 5.49. The van der Waals surface area contributed by atoms with Gasteiger partial charge in [0.05, 0.1) is 12.2 Å². The molecule has 0 aromatic heterocycles. The predicted octanol–water partition coefficient (Wildman–Crippen LogP) is 4.20. The molecule has 4 aliphatic carbocycles. The number of rotatable bonds is 4. The quantitative estimate of drug-likeness (QED) is 0.737. The van der Waals surface area contributed by atoms with E-state index in [2.05, 4.69) is 13.8 Å². The summed E-state index contributed by atoms with van der Waals surface area (Å²) < 4.78 is 0. The lowest BCUT2D eigenvalue weighted by atomic mass is 9.48. The Kier molecular flexibility index (Phi) is 5.24. The Morgan fingerprint density at radius 2 is 1.88 bits per heavy atom. The number of aliphatic hydroxyl groups excluding tert-OH is 2. The second-order valence-corrected chi connectivity index (χ2v) is 10.5. The average Bonchev–Trinajstić information content (AvgIpc) is 2.96. The van der Waals surface area contributed by atoms with Gasteiger partial charge < -0.3 is 15.0 Å². The van der Waals surface area contributed by atoms with Gasteiger partial charge in [0.2, 0.25) is 0 Å². The molecule has 3 heteroatoms. The highest BCUT2D eigenvalue weighted by Gasteiger charge is 2.59. The van der Waals surface area contributed by atoms with Crippen LogP contribution in [-0.2, 0) is 4.79 Å². The maximum absolute atomic E-state index is 11.1. The first-order chi connectivity index (χ1) is 12.5. The van der Waals surface area contributed by atoms with E-state index in [9.17, 15) is 15.0 Å². The fraction of sp³-hybridized carbons (Fsp3) is 0.957. The summed E-state index contributed by atoms with van der Waals surface area (Å²) in [5.74, 6) is 4.43. The van der Waals surface area contributed by atoms with Gasteiger partial charge in [-0.2, -0.15) is 0 Å². The first-order valence-electron chi connectivity index (χ1n) is 11.3. The van der Waals surface area contributed by atoms with E-state index in [0.29, 0.717) is 47.3 Å². The maximum atomic E-state index is 11.1. The van der Waals surface area contributed by atoms with Crippen molar-refractivity contribution in [2.75, 3.05) is 0 Å². The van der Waals surface area contributed by atoms with Crippen molar-refractivity contribution < 1.29 is 15.0 Å². The van der Waals surface area contributed by atoms with Crippen molar-refractivity contribution in [3.05, 3.63) is 0 Å². The molecule has 0 amide bonds. The van der Waals surface area contributed by atoms with Gasteiger partial charge in [-0.3, -0.25) is 0 Å². The molecule has 0 spiro atoms. The third kappa shape index (κ3) is 2.98. The summed E-state index contributed by atoms with van der Waals surface area (Å²) in [5, 5.41) is 21.2. The molecule has 0 unspecified atom stereocenters. The Morgan fingerprint density at radius 3 is 2.65 bits per heavy atom. The van der Waals surface area contributed by atoms with Crippen LogP contribution in [0.5, 0.6) is 0 Å². The summed E-state index contributed by atoms with van der Waals surface area (Å²) in [6, 6.07) is 0. The molecule has 2 N–H and O–H groups in total. The van der Waals surface area contributed by atoms with Crippen LogP contribution in [-0.4, -0.2) is 28.7 Å². The highest BCUT2D eigenvalue weighted by Crippen LogP contribution is 2.65. The number of aliphatic hydroxyl groups is 2. The van der Waals surface area contributed by atoms with Gasteiger partial charge in [-0.05, 0) is 105 Å². The molecule has 0 saturated heterocycles. The Labute approximate surface area is 158 Å². The van der Waals surface area contributed by atoms with E-state index in [0.717, 1.165) is 37.9 Å². The zero-order chi connectivity index (χ0) is 18.5. The Balaban J connectivity index is 1.53. The van der Waals surface area contributed by atoms with Crippen LogP contribution in [0.2, 0.25) is 0 Å². The fourth-order valence-corrected chi connectivity index (χ4v) is 8.35. The SMILES string of the molecule is C[C@H](CCC=O)[C@H]1CC[C@H]2[C@H]3[C@H](CC[C@]12C)[C@H]1CC[C@@H](O)C[C@H]1C[C@@H]3O. The lowest BCUT2D eigenvalue weighted by Crippen LogP contribution is -2.54. The van der Waals surface area contributed by atoms with Crippen molar-refractivity contribution in [3.63, 3.8) is 0 Å². The van der Waals surface area contributed by atoms with Gasteiger partial charge in [-0.15, -0.1) is 0 Å². The molecule has 0 aromatic rings. The Morgan fingerprint density at radius 1 is 1.08 bits per heavy atom. The van der Waals surface area contributed by atoms with Crippen molar-refractivity contribution in [3.8, 4) is 0 Å². The molecular weight excluding hydrogens is 324 g/mol. The standard InChI is InChI=1S/C23H38O3/c1-14(4-3-11-24)19-7-8-20-22-18(9-10-23(19,20)2)17-6-5-16(25)12-15(17)13-21(22)26/h11,14-22,25-26H,3-10,12-13H2,1-2H3/t14-,15+,16-,17+,18-,19-,20+,21+,22-,23-/m1/s1. The van der Waals surface area contributed by atoms with Crippen LogP contribution in [0.15, 0.2) is 0 Å². The molecule has 4 fully saturated rings. The lowest BCUT2D eigenvalue weighted by Gasteiger charge is -2.58. The summed E-state index contributed by atoms with van der Waals surface area (Å²) in [6.07, 6.45) is 11.6. The van der Waals surface area contributed by atoms with Gasteiger partial charge in [0.15, 0.2) is 0 Å². The second kappa shape index (κ2) is 7.20. The average molecular weight is 363 g/mol. The van der Waals surface area contributed by atoms with Crippen molar-refractivity contribution in [2.24, 2.45) is 46.8 Å². The van der Waals surface area contributed by atoms with E-state index < -0.39 is 0 Å². The maximum Gasteiger partial charge on any atom is 0.120 e. The molecule has 3 nitrogen and oxygen atoms in total. The molecule has 26 heavy (non-hydrogen) atoms. The summed E-state index contributed by atoms with van der Waals surface area (Å²) in [4.78, 5) is 10.8. The molecule has 0 bridgehead atoms. The van der Waals surface area contributed by atoms with E-state index in [1.165, 1.54) is 32.1 Å². The number of carbonyl (C=O) groups excluding carboxylic acids is 1. The zero-order valence-corrected chi connectivity index (χ0v) is 16.6. The first kappa shape index (κ1) is 18.9. The van der Waals surface area contributed by atoms with Crippen LogP contribution < -0.4 is 0 Å². The number of hydrogen-bond donors (Lipinski definition) is 2. The normalized spacial score (nSPS) is 51.8. The summed E-state index contributed by atoms with van der Waals surface area (Å²) in [6.45, 7) is 4.86. The van der Waals surface area contributed by atoms with Gasteiger partial charge in [-0.25, -0.2) is 0 Å². The molecule has 4 saturated carbocycles. The van der Waals surface area contributed by atoms with Crippen LogP contribution in [0.1, 0.15) is 78.1 Å². The van der Waals surface area contributed by atoms with E-state index in [-0.39, 0.29) is 12.2 Å². The van der Waals surface area contributed by atoms with Gasteiger partial charge in [0.25, 0.3) is 0 Å². The predicted molar refractivity (Wildman–Crippen MR) is 102 cm³/mol. The number of hydrogen-bond acceptors (Lipinski definition) is 3. The Hall–Kier alpha value is -0.410. The fourth-order valence-electron chi connectivity index (χ4n) is 8.35. The van der Waals surface area contributed by atoms with E-state index in [1.54, 1.807) is 0 Å². The van der Waals surface area contributed by atoms with Gasteiger partial charge >= 0.3 is 0 Å². The molecule has 0 aliphatic heterocycles. The molecule has 0 heterocycles. The minimum Gasteiger partial charge on any atom is -0.393 e. The third-order valence-corrected chi connectivity index (χ3v) is 9.44. The number of aldehydes is 1. The molecule has 10 atom stereocenters. The Bertz CT molecular complexity index is 520. The van der Waals surface area contributed by atoms with E-state index in [1.807, 2.05) is 0 Å². The van der Waals surface area contributed by atoms with Crippen LogP contribution in [0.25, 0.3) is 0 Å². The monoisotopic (exact) mass is 362 g/mol. The van der Waals surface area contributed by atoms with Crippen molar-refractivity contribution in [1.82, 2.24) is 0 Å². The lowest BCUT2D eigenvalue weighted by molar-refractivity contribution is -0.136.